The van der Waals surface area contributed by atoms with Gasteiger partial charge in [0.1, 0.15) is 24.3 Å². The topological polar surface area (TPSA) is 179 Å². The van der Waals surface area contributed by atoms with Gasteiger partial charge >= 0.3 is 17.6 Å². The second-order valence-corrected chi connectivity index (χ2v) is 11.2. The molecule has 3 heterocycles. The average molecular weight is 598 g/mol. The second kappa shape index (κ2) is 12.2. The first-order chi connectivity index (χ1) is 19.3. The number of aliphatic hydroxyl groups excluding tert-OH is 1. The summed E-state index contributed by atoms with van der Waals surface area (Å²) in [4.78, 5) is 54.1. The number of hydrogen-bond acceptors (Lipinski definition) is 10. The number of aliphatic hydroxyl groups is 1. The highest BCUT2D eigenvalue weighted by atomic mass is 31.1. The van der Waals surface area contributed by atoms with Gasteiger partial charge in [0.2, 0.25) is 20.1 Å². The van der Waals surface area contributed by atoms with Crippen LogP contribution in [0.4, 0.5) is 14.6 Å². The highest BCUT2D eigenvalue weighted by molar-refractivity contribution is 7.48. The average Bonchev–Trinajstić information content (AvgIpc) is 3.44. The summed E-state index contributed by atoms with van der Waals surface area (Å²) in [6.45, 7) is 3.11. The number of hydrogen-bond donors (Lipinski definition) is 3. The summed E-state index contributed by atoms with van der Waals surface area (Å²) in [5.41, 5.74) is -0.575. The molecule has 2 aliphatic rings. The van der Waals surface area contributed by atoms with Crippen molar-refractivity contribution in [3.05, 3.63) is 46.5 Å². The number of carbonyl (C=O) groups excluding carboxylic acids is 1. The third-order valence-electron chi connectivity index (χ3n) is 6.97. The lowest BCUT2D eigenvalue weighted by atomic mass is 10.1. The Morgan fingerprint density at radius 3 is 2.76 bits per heavy atom. The highest BCUT2D eigenvalue weighted by Crippen LogP contribution is 2.42. The van der Waals surface area contributed by atoms with E-state index in [1.807, 2.05) is 4.90 Å². The number of aryl methyl sites for hydroxylation is 1. The Labute approximate surface area is 234 Å². The van der Waals surface area contributed by atoms with E-state index < -0.39 is 56.6 Å². The monoisotopic (exact) mass is 597 g/mol. The van der Waals surface area contributed by atoms with Gasteiger partial charge in [-0.05, 0) is 58.0 Å². The summed E-state index contributed by atoms with van der Waals surface area (Å²) in [5, 5.41) is 22.0. The van der Waals surface area contributed by atoms with Crippen molar-refractivity contribution in [1.82, 2.24) is 14.5 Å². The number of carboxylic acid groups (broad SMARTS) is 1. The molecular weight excluding hydrogens is 567 g/mol. The summed E-state index contributed by atoms with van der Waals surface area (Å²) in [6.07, 6.45) is -3.61. The van der Waals surface area contributed by atoms with Crippen LogP contribution in [0.25, 0.3) is 0 Å². The Bertz CT molecular complexity index is 1410. The number of amides is 1. The Kier molecular flexibility index (Phi) is 9.14. The van der Waals surface area contributed by atoms with E-state index in [0.29, 0.717) is 16.6 Å². The molecule has 0 aliphatic carbocycles. The summed E-state index contributed by atoms with van der Waals surface area (Å²) in [7, 11) is -0.639. The molecule has 1 aromatic heterocycles. The molecule has 0 saturated carbocycles. The molecule has 2 fully saturated rings. The first-order valence-electron chi connectivity index (χ1n) is 12.8. The van der Waals surface area contributed by atoms with Crippen LogP contribution in [0.5, 0.6) is 5.75 Å². The Morgan fingerprint density at radius 2 is 2.12 bits per heavy atom. The first-order valence-corrected chi connectivity index (χ1v) is 14.0. The van der Waals surface area contributed by atoms with Gasteiger partial charge in [0.25, 0.3) is 0 Å². The molecule has 4 rings (SSSR count). The van der Waals surface area contributed by atoms with Gasteiger partial charge < -0.3 is 29.9 Å². The number of carbonyl (C=O) groups is 2. The molecule has 41 heavy (non-hydrogen) atoms. The maximum Gasteiger partial charge on any atom is 0.351 e. The third kappa shape index (κ3) is 6.60. The number of likely N-dealkylation sites (tertiary alicyclic amines) is 1. The molecule has 2 aromatic rings. The van der Waals surface area contributed by atoms with Crippen molar-refractivity contribution >= 4 is 30.9 Å². The molecule has 0 bridgehead atoms. The van der Waals surface area contributed by atoms with Crippen molar-refractivity contribution in [3.8, 4) is 5.75 Å². The number of aliphatic carboxylic acids is 1. The van der Waals surface area contributed by atoms with Crippen molar-refractivity contribution in [3.63, 3.8) is 0 Å². The van der Waals surface area contributed by atoms with Crippen molar-refractivity contribution in [2.24, 2.45) is 4.74 Å². The van der Waals surface area contributed by atoms with Crippen LogP contribution < -0.4 is 25.9 Å². The van der Waals surface area contributed by atoms with Crippen LogP contribution in [0.3, 0.4) is 0 Å². The number of halogens is 2. The number of benzene rings is 1. The zero-order chi connectivity index (χ0) is 30.1. The molecular formula is C25H30F2N5O8P. The zero-order valence-electron chi connectivity index (χ0n) is 22.4. The molecule has 2 aliphatic heterocycles. The van der Waals surface area contributed by atoms with Gasteiger partial charge in [0, 0.05) is 12.3 Å². The smallest absolute Gasteiger partial charge is 0.351 e. The lowest BCUT2D eigenvalue weighted by Gasteiger charge is -2.21. The molecule has 13 nitrogen and oxygen atoms in total. The Balaban J connectivity index is 1.46. The van der Waals surface area contributed by atoms with Crippen molar-refractivity contribution < 1.29 is 43.0 Å². The van der Waals surface area contributed by atoms with Crippen molar-refractivity contribution in [1.29, 1.82) is 0 Å². The van der Waals surface area contributed by atoms with Crippen LogP contribution in [-0.2, 0) is 14.3 Å². The molecule has 222 valence electrons. The minimum atomic E-state index is -3.90. The highest BCUT2D eigenvalue weighted by Gasteiger charge is 2.60. The van der Waals surface area contributed by atoms with Crippen LogP contribution in [0.15, 0.2) is 40.0 Å². The fourth-order valence-electron chi connectivity index (χ4n) is 4.53. The van der Waals surface area contributed by atoms with Gasteiger partial charge in [-0.15, -0.1) is 0 Å². The zero-order valence-corrected chi connectivity index (χ0v) is 23.3. The van der Waals surface area contributed by atoms with Crippen LogP contribution in [-0.4, -0.2) is 87.0 Å². The van der Waals surface area contributed by atoms with Gasteiger partial charge in [-0.2, -0.15) is 13.8 Å². The number of nitrogens with zero attached hydrogens (tertiary/aromatic N) is 4. The van der Waals surface area contributed by atoms with Crippen LogP contribution in [0, 0.1) is 6.92 Å². The minimum Gasteiger partial charge on any atom is -0.607 e. The van der Waals surface area contributed by atoms with E-state index in [9.17, 15) is 24.4 Å². The predicted molar refractivity (Wildman–Crippen MR) is 140 cm³/mol. The number of ether oxygens (including phenoxy) is 2. The molecule has 2 saturated heterocycles. The number of carboxylic acids is 1. The summed E-state index contributed by atoms with van der Waals surface area (Å²) >= 11 is 0. The fourth-order valence-corrected chi connectivity index (χ4v) is 5.50. The Morgan fingerprint density at radius 1 is 1.39 bits per heavy atom. The van der Waals surface area contributed by atoms with E-state index in [1.54, 1.807) is 20.0 Å². The molecule has 0 spiro atoms. The number of anilines is 1. The summed E-state index contributed by atoms with van der Waals surface area (Å²) in [6, 6.07) is 3.96. The predicted octanol–water partition coefficient (Wildman–Crippen LogP) is 0.596. The van der Waals surface area contributed by atoms with E-state index in [-0.39, 0.29) is 28.8 Å². The number of aromatic nitrogens is 2. The molecule has 3 N–H and O–H groups in total. The fraction of sp³-hybridized carbons (Fsp3) is 0.520. The SMILES string of the molecule is Cc1ccc([P+]([O-])=N[C@@H](C)C(=O)O)cc1OC[C@H]1OC(n2ccc(NC(=O)[C@@H]3CCCN3C)nc2=O)C(F)(F)[C@@H]1O. The van der Waals surface area contributed by atoms with Crippen LogP contribution >= 0.6 is 7.94 Å². The standard InChI is InChI=1S/C25H30F2N5O8P/c1-13-6-7-15(41(38)30-14(2)22(35)36)11-17(13)39-12-18-20(33)25(26,27)23(40-18)32-10-8-19(29-24(32)37)28-21(34)16-5-4-9-31(16)3/h6-8,10-11,14,16,18,20,23,33H,4-5,9,12H2,1-3H3,(H,35,36)(H,28,29,34,37)/t14-,16-,18+,20+,23?/m0/s1. The van der Waals surface area contributed by atoms with Gasteiger partial charge in [-0.25, -0.2) is 9.59 Å². The normalized spacial score (nSPS) is 25.2. The van der Waals surface area contributed by atoms with Gasteiger partial charge in [-0.1, -0.05) is 10.8 Å². The molecule has 2 unspecified atom stereocenters. The van der Waals surface area contributed by atoms with Crippen LogP contribution in [0.1, 0.15) is 31.6 Å². The maximum absolute atomic E-state index is 15.0. The second-order valence-electron chi connectivity index (χ2n) is 9.94. The van der Waals surface area contributed by atoms with E-state index in [2.05, 4.69) is 15.0 Å². The van der Waals surface area contributed by atoms with Crippen LogP contribution in [0.2, 0.25) is 0 Å². The quantitative estimate of drug-likeness (QED) is 0.347. The Hall–Kier alpha value is -3.36. The minimum absolute atomic E-state index is 0.100. The van der Waals surface area contributed by atoms with Gasteiger partial charge in [-0.3, -0.25) is 14.3 Å². The van der Waals surface area contributed by atoms with E-state index in [4.69, 9.17) is 14.6 Å². The lowest BCUT2D eigenvalue weighted by molar-refractivity contribution is -0.153. The van der Waals surface area contributed by atoms with E-state index in [1.165, 1.54) is 25.1 Å². The van der Waals surface area contributed by atoms with Crippen molar-refractivity contribution in [2.45, 2.75) is 63.1 Å². The largest absolute Gasteiger partial charge is 0.607 e. The first kappa shape index (κ1) is 30.6. The maximum atomic E-state index is 15.0. The van der Waals surface area contributed by atoms with Gasteiger partial charge in [0.15, 0.2) is 17.5 Å². The number of alkyl halides is 2. The molecule has 0 radical (unpaired) electrons. The lowest BCUT2D eigenvalue weighted by Crippen LogP contribution is -2.42. The van der Waals surface area contributed by atoms with Crippen molar-refractivity contribution in [2.75, 3.05) is 25.5 Å². The molecule has 16 heteroatoms. The summed E-state index contributed by atoms with van der Waals surface area (Å²) < 4.78 is 45.3. The number of rotatable bonds is 9. The summed E-state index contributed by atoms with van der Waals surface area (Å²) in [5.74, 6) is -5.47. The van der Waals surface area contributed by atoms with Gasteiger partial charge in [0.05, 0.1) is 6.04 Å². The van der Waals surface area contributed by atoms with E-state index in [0.717, 1.165) is 19.2 Å². The third-order valence-corrected chi connectivity index (χ3v) is 8.24. The molecule has 1 amide bonds. The molecule has 1 aromatic carbocycles. The molecule has 6 atom stereocenters. The number of likely N-dealkylation sites (N-methyl/N-ethyl adjacent to an activating group) is 1. The number of nitrogens with one attached hydrogen (secondary N) is 1. The van der Waals surface area contributed by atoms with E-state index >= 15 is 8.78 Å².